The predicted molar refractivity (Wildman–Crippen MR) is 84.5 cm³/mol. The molecule has 0 aliphatic rings. The van der Waals surface area contributed by atoms with Crippen LogP contribution < -0.4 is 0 Å². The van der Waals surface area contributed by atoms with E-state index in [0.29, 0.717) is 12.5 Å². The summed E-state index contributed by atoms with van der Waals surface area (Å²) in [6, 6.07) is 2.35. The molecular weight excluding hydrogens is 284 g/mol. The first kappa shape index (κ1) is 16.1. The molecule has 0 aliphatic heterocycles. The maximum atomic E-state index is 10.5. The minimum atomic E-state index is -0.598. The monoisotopic (exact) mass is 308 g/mol. The molecular formula is C15H24N4OS. The van der Waals surface area contributed by atoms with Crippen molar-refractivity contribution >= 4 is 11.5 Å². The molecule has 0 aromatic carbocycles. The molecule has 0 saturated heterocycles. The molecule has 0 bridgehead atoms. The van der Waals surface area contributed by atoms with Gasteiger partial charge in [0.05, 0.1) is 22.4 Å². The van der Waals surface area contributed by atoms with Crippen LogP contribution in [0.2, 0.25) is 0 Å². The first-order valence-corrected chi connectivity index (χ1v) is 8.15. The van der Waals surface area contributed by atoms with Gasteiger partial charge >= 0.3 is 0 Å². The molecule has 0 amide bonds. The summed E-state index contributed by atoms with van der Waals surface area (Å²) in [7, 11) is 0. The lowest BCUT2D eigenvalue weighted by atomic mass is 9.90. The van der Waals surface area contributed by atoms with E-state index in [0.717, 1.165) is 22.7 Å². The standard InChI is InChI=1S/C15H24N4OS/c1-6-10(2)19-8-7-11(17-19)9-12(20)13-14(15(3,4)5)16-18-21-13/h7-8,10,12,20H,6,9H2,1-5H3. The van der Waals surface area contributed by atoms with Gasteiger partial charge in [0.15, 0.2) is 0 Å². The van der Waals surface area contributed by atoms with E-state index in [1.807, 2.05) is 16.9 Å². The summed E-state index contributed by atoms with van der Waals surface area (Å²) in [5.41, 5.74) is 1.66. The van der Waals surface area contributed by atoms with Crippen molar-refractivity contribution < 1.29 is 5.11 Å². The zero-order chi connectivity index (χ0) is 15.6. The largest absolute Gasteiger partial charge is 0.387 e. The van der Waals surface area contributed by atoms with Crippen molar-refractivity contribution in [1.82, 2.24) is 19.4 Å². The van der Waals surface area contributed by atoms with Gasteiger partial charge in [-0.25, -0.2) is 0 Å². The molecule has 2 heterocycles. The molecule has 6 heteroatoms. The molecule has 21 heavy (non-hydrogen) atoms. The van der Waals surface area contributed by atoms with Gasteiger partial charge in [-0.3, -0.25) is 4.68 Å². The Hall–Kier alpha value is -1.27. The molecule has 0 saturated carbocycles. The van der Waals surface area contributed by atoms with Gasteiger partial charge in [-0.1, -0.05) is 32.2 Å². The number of hydrogen-bond acceptors (Lipinski definition) is 5. The second kappa shape index (κ2) is 6.23. The van der Waals surface area contributed by atoms with E-state index < -0.39 is 6.10 Å². The highest BCUT2D eigenvalue weighted by Gasteiger charge is 2.26. The lowest BCUT2D eigenvalue weighted by Gasteiger charge is -2.18. The predicted octanol–water partition coefficient (Wildman–Crippen LogP) is 3.28. The van der Waals surface area contributed by atoms with Crippen LogP contribution in [0.1, 0.15) is 69.5 Å². The third-order valence-corrected chi connectivity index (χ3v) is 4.46. The summed E-state index contributed by atoms with van der Waals surface area (Å²) in [5.74, 6) is 0. The fourth-order valence-corrected chi connectivity index (χ4v) is 2.99. The molecule has 1 N–H and O–H groups in total. The quantitative estimate of drug-likeness (QED) is 0.920. The highest BCUT2D eigenvalue weighted by Crippen LogP contribution is 2.31. The van der Waals surface area contributed by atoms with E-state index in [1.54, 1.807) is 0 Å². The SMILES string of the molecule is CCC(C)n1ccc(CC(O)c2snnc2C(C)(C)C)n1. The van der Waals surface area contributed by atoms with E-state index in [9.17, 15) is 5.11 Å². The molecule has 2 unspecified atom stereocenters. The highest BCUT2D eigenvalue weighted by atomic mass is 32.1. The lowest BCUT2D eigenvalue weighted by molar-refractivity contribution is 0.178. The van der Waals surface area contributed by atoms with Crippen LogP contribution in [0, 0.1) is 0 Å². The first-order valence-electron chi connectivity index (χ1n) is 7.37. The van der Waals surface area contributed by atoms with Crippen LogP contribution >= 0.6 is 11.5 Å². The summed E-state index contributed by atoms with van der Waals surface area (Å²) in [6.45, 7) is 10.5. The Labute approximate surface area is 130 Å². The number of aliphatic hydroxyl groups excluding tert-OH is 1. The van der Waals surface area contributed by atoms with E-state index in [-0.39, 0.29) is 5.41 Å². The van der Waals surface area contributed by atoms with E-state index in [1.165, 1.54) is 11.5 Å². The number of nitrogens with zero attached hydrogens (tertiary/aromatic N) is 4. The van der Waals surface area contributed by atoms with E-state index >= 15 is 0 Å². The fraction of sp³-hybridized carbons (Fsp3) is 0.667. The number of aliphatic hydroxyl groups is 1. The van der Waals surface area contributed by atoms with Crippen molar-refractivity contribution in [2.24, 2.45) is 0 Å². The molecule has 0 aliphatic carbocycles. The summed E-state index contributed by atoms with van der Waals surface area (Å²) >= 11 is 1.28. The van der Waals surface area contributed by atoms with Crippen molar-refractivity contribution in [2.75, 3.05) is 0 Å². The van der Waals surface area contributed by atoms with Crippen LogP contribution in [0.5, 0.6) is 0 Å². The Morgan fingerprint density at radius 2 is 2.10 bits per heavy atom. The van der Waals surface area contributed by atoms with E-state index in [2.05, 4.69) is 49.3 Å². The average molecular weight is 308 g/mol. The van der Waals surface area contributed by atoms with Crippen LogP contribution in [0.15, 0.2) is 12.3 Å². The summed E-state index contributed by atoms with van der Waals surface area (Å²) in [6.07, 6.45) is 2.92. The van der Waals surface area contributed by atoms with Crippen molar-refractivity contribution in [3.63, 3.8) is 0 Å². The highest BCUT2D eigenvalue weighted by molar-refractivity contribution is 7.05. The van der Waals surface area contributed by atoms with Gasteiger partial charge in [0.25, 0.3) is 0 Å². The van der Waals surface area contributed by atoms with Crippen LogP contribution in [-0.2, 0) is 11.8 Å². The van der Waals surface area contributed by atoms with Gasteiger partial charge in [-0.05, 0) is 30.9 Å². The minimum Gasteiger partial charge on any atom is -0.387 e. The van der Waals surface area contributed by atoms with Crippen molar-refractivity contribution in [3.8, 4) is 0 Å². The number of rotatable bonds is 5. The topological polar surface area (TPSA) is 63.8 Å². The first-order chi connectivity index (χ1) is 9.82. The Morgan fingerprint density at radius 1 is 1.38 bits per heavy atom. The van der Waals surface area contributed by atoms with Crippen LogP contribution in [0.25, 0.3) is 0 Å². The summed E-state index contributed by atoms with van der Waals surface area (Å²) in [5, 5.41) is 19.2. The molecule has 0 spiro atoms. The van der Waals surface area contributed by atoms with Crippen molar-refractivity contribution in [2.45, 2.75) is 65.0 Å². The zero-order valence-electron chi connectivity index (χ0n) is 13.4. The average Bonchev–Trinajstić information content (AvgIpc) is 3.05. The second-order valence-corrected chi connectivity index (χ2v) is 7.29. The van der Waals surface area contributed by atoms with Gasteiger partial charge < -0.3 is 5.11 Å². The molecule has 2 aromatic heterocycles. The Bertz CT molecular complexity index is 585. The zero-order valence-corrected chi connectivity index (χ0v) is 14.2. The van der Waals surface area contributed by atoms with Crippen LogP contribution in [0.4, 0.5) is 0 Å². The Kier molecular flexibility index (Phi) is 4.78. The number of hydrogen-bond donors (Lipinski definition) is 1. The van der Waals surface area contributed by atoms with Gasteiger partial charge in [-0.15, -0.1) is 5.10 Å². The van der Waals surface area contributed by atoms with Gasteiger partial charge in [0.2, 0.25) is 0 Å². The third kappa shape index (κ3) is 3.68. The van der Waals surface area contributed by atoms with Gasteiger partial charge in [-0.2, -0.15) is 5.10 Å². The second-order valence-electron chi connectivity index (χ2n) is 6.50. The van der Waals surface area contributed by atoms with Crippen molar-refractivity contribution in [3.05, 3.63) is 28.5 Å². The smallest absolute Gasteiger partial charge is 0.0973 e. The van der Waals surface area contributed by atoms with Crippen LogP contribution in [-0.4, -0.2) is 24.5 Å². The molecule has 0 fully saturated rings. The summed E-state index contributed by atoms with van der Waals surface area (Å²) < 4.78 is 5.96. The molecule has 2 rings (SSSR count). The fourth-order valence-electron chi connectivity index (χ4n) is 2.15. The molecule has 2 aromatic rings. The maximum Gasteiger partial charge on any atom is 0.0973 e. The molecule has 2 atom stereocenters. The Balaban J connectivity index is 2.13. The van der Waals surface area contributed by atoms with Gasteiger partial charge in [0, 0.05) is 24.1 Å². The Morgan fingerprint density at radius 3 is 2.71 bits per heavy atom. The molecule has 116 valence electrons. The normalized spacial score (nSPS) is 15.1. The van der Waals surface area contributed by atoms with Crippen LogP contribution in [0.3, 0.4) is 0 Å². The maximum absolute atomic E-state index is 10.5. The molecule has 0 radical (unpaired) electrons. The van der Waals surface area contributed by atoms with E-state index in [4.69, 9.17) is 0 Å². The van der Waals surface area contributed by atoms with Crippen molar-refractivity contribution in [1.29, 1.82) is 0 Å². The third-order valence-electron chi connectivity index (χ3n) is 3.63. The lowest BCUT2D eigenvalue weighted by Crippen LogP contribution is -2.16. The minimum absolute atomic E-state index is 0.112. The number of aromatic nitrogens is 4. The summed E-state index contributed by atoms with van der Waals surface area (Å²) in [4.78, 5) is 0.848. The molecule has 5 nitrogen and oxygen atoms in total. The van der Waals surface area contributed by atoms with Gasteiger partial charge in [0.1, 0.15) is 0 Å².